The van der Waals surface area contributed by atoms with Gasteiger partial charge >= 0.3 is 0 Å². The third kappa shape index (κ3) is 2.03. The summed E-state index contributed by atoms with van der Waals surface area (Å²) in [7, 11) is 0. The standard InChI is InChI=1S/C16H24/c1-4-7-13-11-12(3)14(8-5-2)16-10-6-9-15(13)16/h11H,4-10H2,1-3H3. The molecule has 0 saturated carbocycles. The Morgan fingerprint density at radius 2 is 1.69 bits per heavy atom. The van der Waals surface area contributed by atoms with E-state index in [2.05, 4.69) is 26.8 Å². The van der Waals surface area contributed by atoms with E-state index in [1.165, 1.54) is 44.9 Å². The van der Waals surface area contributed by atoms with Crippen LogP contribution in [0.4, 0.5) is 0 Å². The van der Waals surface area contributed by atoms with Gasteiger partial charge in [0.2, 0.25) is 0 Å². The molecule has 0 heterocycles. The van der Waals surface area contributed by atoms with Crippen LogP contribution in [0.3, 0.4) is 0 Å². The first-order valence-corrected chi connectivity index (χ1v) is 6.91. The van der Waals surface area contributed by atoms with Crippen molar-refractivity contribution in [1.29, 1.82) is 0 Å². The minimum Gasteiger partial charge on any atom is -0.0651 e. The van der Waals surface area contributed by atoms with Crippen molar-refractivity contribution in [2.45, 2.75) is 65.7 Å². The maximum absolute atomic E-state index is 2.47. The molecule has 0 bridgehead atoms. The zero-order valence-electron chi connectivity index (χ0n) is 11.0. The predicted octanol–water partition coefficient (Wildman–Crippen LogP) is 4.39. The quantitative estimate of drug-likeness (QED) is 0.700. The Bertz CT molecular complexity index is 374. The molecule has 0 amide bonds. The molecule has 0 fully saturated rings. The van der Waals surface area contributed by atoms with Crippen molar-refractivity contribution in [3.8, 4) is 0 Å². The van der Waals surface area contributed by atoms with E-state index in [0.717, 1.165) is 0 Å². The van der Waals surface area contributed by atoms with E-state index in [1.54, 1.807) is 27.8 Å². The Labute approximate surface area is 100 Å². The minimum absolute atomic E-state index is 1.27. The molecule has 0 aromatic heterocycles. The van der Waals surface area contributed by atoms with Crippen LogP contribution < -0.4 is 0 Å². The molecule has 0 nitrogen and oxygen atoms in total. The van der Waals surface area contributed by atoms with Crippen LogP contribution in [0.15, 0.2) is 6.07 Å². The zero-order chi connectivity index (χ0) is 11.5. The van der Waals surface area contributed by atoms with Crippen molar-refractivity contribution in [3.05, 3.63) is 33.9 Å². The summed E-state index contributed by atoms with van der Waals surface area (Å²) in [5.41, 5.74) is 8.31. The van der Waals surface area contributed by atoms with Crippen LogP contribution in [0, 0.1) is 6.92 Å². The van der Waals surface area contributed by atoms with Gasteiger partial charge in [0.15, 0.2) is 0 Å². The first-order chi connectivity index (χ1) is 7.77. The Kier molecular flexibility index (Phi) is 3.68. The molecule has 2 rings (SSSR count). The molecule has 1 aromatic rings. The summed E-state index contributed by atoms with van der Waals surface area (Å²) >= 11 is 0. The zero-order valence-corrected chi connectivity index (χ0v) is 11.0. The van der Waals surface area contributed by atoms with Crippen molar-refractivity contribution in [3.63, 3.8) is 0 Å². The van der Waals surface area contributed by atoms with E-state index in [-0.39, 0.29) is 0 Å². The summed E-state index contributed by atoms with van der Waals surface area (Å²) in [5.74, 6) is 0. The van der Waals surface area contributed by atoms with Gasteiger partial charge in [0.25, 0.3) is 0 Å². The third-order valence-corrected chi connectivity index (χ3v) is 3.86. The average Bonchev–Trinajstić information content (AvgIpc) is 2.73. The molecule has 1 aliphatic rings. The molecule has 0 spiro atoms. The highest BCUT2D eigenvalue weighted by Gasteiger charge is 2.19. The summed E-state index contributed by atoms with van der Waals surface area (Å²) in [5, 5.41) is 0. The highest BCUT2D eigenvalue weighted by Crippen LogP contribution is 2.32. The van der Waals surface area contributed by atoms with Crippen LogP contribution in [0.25, 0.3) is 0 Å². The lowest BCUT2D eigenvalue weighted by molar-refractivity contribution is 0.874. The van der Waals surface area contributed by atoms with Crippen LogP contribution in [0.2, 0.25) is 0 Å². The van der Waals surface area contributed by atoms with Gasteiger partial charge in [0.1, 0.15) is 0 Å². The van der Waals surface area contributed by atoms with E-state index in [0.29, 0.717) is 0 Å². The molecule has 1 aromatic carbocycles. The smallest absolute Gasteiger partial charge is 0.0270 e. The molecule has 0 atom stereocenters. The van der Waals surface area contributed by atoms with E-state index >= 15 is 0 Å². The molecule has 1 aliphatic carbocycles. The Morgan fingerprint density at radius 3 is 2.38 bits per heavy atom. The van der Waals surface area contributed by atoms with Gasteiger partial charge in [0.05, 0.1) is 0 Å². The van der Waals surface area contributed by atoms with Crippen molar-refractivity contribution < 1.29 is 0 Å². The fraction of sp³-hybridized carbons (Fsp3) is 0.625. The first kappa shape index (κ1) is 11.7. The second-order valence-electron chi connectivity index (χ2n) is 5.14. The van der Waals surface area contributed by atoms with Crippen LogP contribution in [0.5, 0.6) is 0 Å². The maximum Gasteiger partial charge on any atom is -0.0270 e. The minimum atomic E-state index is 1.27. The molecule has 0 saturated heterocycles. The van der Waals surface area contributed by atoms with Crippen molar-refractivity contribution >= 4 is 0 Å². The van der Waals surface area contributed by atoms with Gasteiger partial charge in [-0.15, -0.1) is 0 Å². The topological polar surface area (TPSA) is 0 Å². The SMILES string of the molecule is CCCc1cc(C)c(CCC)c2c1CCC2. The fourth-order valence-corrected chi connectivity index (χ4v) is 3.20. The number of hydrogen-bond donors (Lipinski definition) is 0. The number of rotatable bonds is 4. The molecular weight excluding hydrogens is 192 g/mol. The van der Waals surface area contributed by atoms with Crippen molar-refractivity contribution in [2.75, 3.05) is 0 Å². The third-order valence-electron chi connectivity index (χ3n) is 3.86. The summed E-state index contributed by atoms with van der Waals surface area (Å²) in [6.45, 7) is 6.89. The lowest BCUT2D eigenvalue weighted by Gasteiger charge is -2.16. The summed E-state index contributed by atoms with van der Waals surface area (Å²) in [6, 6.07) is 2.47. The van der Waals surface area contributed by atoms with Gasteiger partial charge in [-0.1, -0.05) is 32.8 Å². The van der Waals surface area contributed by atoms with Gasteiger partial charge < -0.3 is 0 Å². The Morgan fingerprint density at radius 1 is 1.00 bits per heavy atom. The second kappa shape index (κ2) is 5.03. The first-order valence-electron chi connectivity index (χ1n) is 6.91. The highest BCUT2D eigenvalue weighted by molar-refractivity contribution is 5.48. The normalized spacial score (nSPS) is 14.2. The van der Waals surface area contributed by atoms with Crippen molar-refractivity contribution in [2.24, 2.45) is 0 Å². The monoisotopic (exact) mass is 216 g/mol. The lowest BCUT2D eigenvalue weighted by atomic mass is 9.90. The van der Waals surface area contributed by atoms with Gasteiger partial charge in [-0.2, -0.15) is 0 Å². The molecule has 88 valence electrons. The molecule has 0 heteroatoms. The number of benzene rings is 1. The Balaban J connectivity index is 2.46. The average molecular weight is 216 g/mol. The van der Waals surface area contributed by atoms with E-state index < -0.39 is 0 Å². The maximum atomic E-state index is 2.47. The van der Waals surface area contributed by atoms with Gasteiger partial charge in [-0.05, 0) is 66.8 Å². The van der Waals surface area contributed by atoms with Crippen LogP contribution in [-0.4, -0.2) is 0 Å². The highest BCUT2D eigenvalue weighted by atomic mass is 14.2. The molecule has 0 N–H and O–H groups in total. The molecule has 0 unspecified atom stereocenters. The fourth-order valence-electron chi connectivity index (χ4n) is 3.20. The van der Waals surface area contributed by atoms with Crippen LogP contribution >= 0.6 is 0 Å². The Hall–Kier alpha value is -0.780. The van der Waals surface area contributed by atoms with E-state index in [1.807, 2.05) is 0 Å². The molecule has 0 radical (unpaired) electrons. The van der Waals surface area contributed by atoms with E-state index in [9.17, 15) is 0 Å². The van der Waals surface area contributed by atoms with Gasteiger partial charge in [0, 0.05) is 0 Å². The number of hydrogen-bond acceptors (Lipinski definition) is 0. The largest absolute Gasteiger partial charge is 0.0651 e. The summed E-state index contributed by atoms with van der Waals surface area (Å²) in [6.07, 6.45) is 9.16. The number of aryl methyl sites for hydroxylation is 2. The molecule has 0 aliphatic heterocycles. The molecule has 16 heavy (non-hydrogen) atoms. The summed E-state index contributed by atoms with van der Waals surface area (Å²) in [4.78, 5) is 0. The van der Waals surface area contributed by atoms with Gasteiger partial charge in [-0.25, -0.2) is 0 Å². The summed E-state index contributed by atoms with van der Waals surface area (Å²) < 4.78 is 0. The predicted molar refractivity (Wildman–Crippen MR) is 71.2 cm³/mol. The van der Waals surface area contributed by atoms with E-state index in [4.69, 9.17) is 0 Å². The van der Waals surface area contributed by atoms with Gasteiger partial charge in [-0.3, -0.25) is 0 Å². The second-order valence-corrected chi connectivity index (χ2v) is 5.14. The molecular formula is C16H24. The lowest BCUT2D eigenvalue weighted by Crippen LogP contribution is -2.01. The van der Waals surface area contributed by atoms with Crippen LogP contribution in [0.1, 0.15) is 60.9 Å². The number of fused-ring (bicyclic) bond motifs is 1. The van der Waals surface area contributed by atoms with Crippen molar-refractivity contribution in [1.82, 2.24) is 0 Å². The van der Waals surface area contributed by atoms with Crippen LogP contribution in [-0.2, 0) is 25.7 Å².